The molecule has 0 saturated carbocycles. The van der Waals surface area contributed by atoms with Gasteiger partial charge in [-0.1, -0.05) is 30.7 Å². The van der Waals surface area contributed by atoms with Crippen LogP contribution in [0.5, 0.6) is 0 Å². The first-order valence-corrected chi connectivity index (χ1v) is 8.62. The normalized spacial score (nSPS) is 25.9. The Morgan fingerprint density at radius 3 is 2.61 bits per heavy atom. The monoisotopic (exact) mass is 302 g/mol. The molecule has 3 atom stereocenters. The molecule has 1 aliphatic heterocycles. The smallest absolute Gasteiger partial charge is 0.0406 e. The summed E-state index contributed by atoms with van der Waals surface area (Å²) in [6, 6.07) is 8.36. The number of nitrogens with one attached hydrogen (secondary N) is 1. The van der Waals surface area contributed by atoms with Gasteiger partial charge in [0.1, 0.15) is 0 Å². The van der Waals surface area contributed by atoms with Gasteiger partial charge >= 0.3 is 0 Å². The fourth-order valence-corrected chi connectivity index (χ4v) is 5.30. The van der Waals surface area contributed by atoms with Crippen LogP contribution >= 0.6 is 35.1 Å². The molecule has 1 fully saturated rings. The highest BCUT2D eigenvalue weighted by Gasteiger charge is 2.29. The van der Waals surface area contributed by atoms with Gasteiger partial charge in [0.15, 0.2) is 0 Å². The molecule has 0 aliphatic carbocycles. The fourth-order valence-electron chi connectivity index (χ4n) is 2.24. The van der Waals surface area contributed by atoms with Crippen molar-refractivity contribution in [1.29, 1.82) is 0 Å². The van der Waals surface area contributed by atoms with Crippen molar-refractivity contribution in [3.05, 3.63) is 34.9 Å². The van der Waals surface area contributed by atoms with Crippen LogP contribution in [0.2, 0.25) is 5.02 Å². The molecule has 100 valence electrons. The van der Waals surface area contributed by atoms with E-state index in [0.29, 0.717) is 16.5 Å². The Morgan fingerprint density at radius 1 is 1.33 bits per heavy atom. The molecule has 0 aromatic heterocycles. The van der Waals surface area contributed by atoms with E-state index in [2.05, 4.69) is 24.5 Å². The first kappa shape index (κ1) is 14.5. The third kappa shape index (κ3) is 3.81. The molecular formula is C13H19ClN2S2. The molecule has 18 heavy (non-hydrogen) atoms. The average molecular weight is 303 g/mol. The maximum atomic E-state index is 5.91. The van der Waals surface area contributed by atoms with Gasteiger partial charge in [0, 0.05) is 33.1 Å². The maximum absolute atomic E-state index is 5.91. The van der Waals surface area contributed by atoms with Crippen molar-refractivity contribution in [2.24, 2.45) is 5.84 Å². The lowest BCUT2D eigenvalue weighted by molar-refractivity contribution is 0.501. The molecule has 0 spiro atoms. The Bertz CT molecular complexity index is 372. The number of rotatable bonds is 4. The minimum absolute atomic E-state index is 0.318. The van der Waals surface area contributed by atoms with Gasteiger partial charge in [0.05, 0.1) is 0 Å². The van der Waals surface area contributed by atoms with E-state index >= 15 is 0 Å². The first-order chi connectivity index (χ1) is 8.70. The summed E-state index contributed by atoms with van der Waals surface area (Å²) in [5.74, 6) is 8.22. The van der Waals surface area contributed by atoms with Crippen LogP contribution in [-0.4, -0.2) is 28.0 Å². The van der Waals surface area contributed by atoms with Crippen LogP contribution in [0.3, 0.4) is 0 Å². The maximum Gasteiger partial charge on any atom is 0.0406 e. The van der Waals surface area contributed by atoms with E-state index in [4.69, 9.17) is 17.4 Å². The lowest BCUT2D eigenvalue weighted by Gasteiger charge is -2.34. The fraction of sp³-hybridized carbons (Fsp3) is 0.538. The van der Waals surface area contributed by atoms with Crippen molar-refractivity contribution >= 4 is 35.1 Å². The van der Waals surface area contributed by atoms with Gasteiger partial charge in [-0.3, -0.25) is 11.3 Å². The minimum atomic E-state index is 0.318. The Morgan fingerprint density at radius 2 is 2.00 bits per heavy atom. The van der Waals surface area contributed by atoms with Crippen LogP contribution in [0.25, 0.3) is 0 Å². The van der Waals surface area contributed by atoms with E-state index in [0.717, 1.165) is 11.4 Å². The number of benzene rings is 1. The number of hydrogen-bond donors (Lipinski definition) is 2. The molecule has 3 N–H and O–H groups in total. The summed E-state index contributed by atoms with van der Waals surface area (Å²) in [6.07, 6.45) is 0.955. The van der Waals surface area contributed by atoms with Crippen molar-refractivity contribution < 1.29 is 0 Å². The van der Waals surface area contributed by atoms with Crippen LogP contribution in [0.4, 0.5) is 0 Å². The summed E-state index contributed by atoms with van der Waals surface area (Å²) in [7, 11) is 0. The van der Waals surface area contributed by atoms with E-state index in [-0.39, 0.29) is 0 Å². The molecule has 0 radical (unpaired) electrons. The van der Waals surface area contributed by atoms with Crippen molar-refractivity contribution in [2.75, 3.05) is 11.5 Å². The number of halogens is 1. The molecule has 1 saturated heterocycles. The van der Waals surface area contributed by atoms with Gasteiger partial charge in [-0.15, -0.1) is 0 Å². The van der Waals surface area contributed by atoms with Crippen LogP contribution in [0.1, 0.15) is 12.5 Å². The molecule has 3 unspecified atom stereocenters. The zero-order chi connectivity index (χ0) is 13.0. The van der Waals surface area contributed by atoms with E-state index in [9.17, 15) is 0 Å². The molecule has 1 aromatic rings. The van der Waals surface area contributed by atoms with Gasteiger partial charge in [-0.25, -0.2) is 0 Å². The molecule has 2 rings (SSSR count). The Labute approximate surface area is 122 Å². The molecule has 5 heteroatoms. The molecular weight excluding hydrogens is 284 g/mol. The molecule has 1 heterocycles. The van der Waals surface area contributed by atoms with Crippen molar-refractivity contribution in [3.63, 3.8) is 0 Å². The Kier molecular flexibility index (Phi) is 5.70. The third-order valence-corrected chi connectivity index (χ3v) is 6.72. The number of hydrazine groups is 1. The summed E-state index contributed by atoms with van der Waals surface area (Å²) in [4.78, 5) is 0. The van der Waals surface area contributed by atoms with Gasteiger partial charge in [0.25, 0.3) is 0 Å². The Balaban J connectivity index is 2.02. The SMILES string of the molecule is CC1SCCSC1C(Cc1ccc(Cl)cc1)NN. The largest absolute Gasteiger partial charge is 0.271 e. The highest BCUT2D eigenvalue weighted by atomic mass is 35.5. The summed E-state index contributed by atoms with van der Waals surface area (Å²) in [5, 5.41) is 2.01. The van der Waals surface area contributed by atoms with Gasteiger partial charge in [-0.2, -0.15) is 23.5 Å². The van der Waals surface area contributed by atoms with Crippen LogP contribution < -0.4 is 11.3 Å². The molecule has 1 aliphatic rings. The highest BCUT2D eigenvalue weighted by Crippen LogP contribution is 2.33. The van der Waals surface area contributed by atoms with E-state index in [1.165, 1.54) is 17.1 Å². The zero-order valence-electron chi connectivity index (χ0n) is 10.4. The molecule has 1 aromatic carbocycles. The second kappa shape index (κ2) is 7.06. The molecule has 0 bridgehead atoms. The van der Waals surface area contributed by atoms with Gasteiger partial charge in [0.2, 0.25) is 0 Å². The standard InChI is InChI=1S/C13H19ClN2S2/c1-9-13(18-7-6-17-9)12(16-15)8-10-2-4-11(14)5-3-10/h2-5,9,12-13,16H,6-8,15H2,1H3. The van der Waals surface area contributed by atoms with Crippen molar-refractivity contribution in [2.45, 2.75) is 29.9 Å². The average Bonchev–Trinajstić information content (AvgIpc) is 2.39. The molecule has 0 amide bonds. The summed E-state index contributed by atoms with van der Waals surface area (Å²) in [6.45, 7) is 2.30. The van der Waals surface area contributed by atoms with Crippen LogP contribution in [0.15, 0.2) is 24.3 Å². The Hall–Kier alpha value is 0.130. The van der Waals surface area contributed by atoms with E-state index in [1.54, 1.807) is 0 Å². The van der Waals surface area contributed by atoms with Gasteiger partial charge < -0.3 is 0 Å². The number of nitrogens with two attached hydrogens (primary N) is 1. The van der Waals surface area contributed by atoms with Crippen molar-refractivity contribution in [1.82, 2.24) is 5.43 Å². The highest BCUT2D eigenvalue weighted by molar-refractivity contribution is 8.07. The second-order valence-corrected chi connectivity index (χ2v) is 7.72. The van der Waals surface area contributed by atoms with Crippen LogP contribution in [0, 0.1) is 0 Å². The quantitative estimate of drug-likeness (QED) is 0.662. The zero-order valence-corrected chi connectivity index (χ0v) is 12.8. The second-order valence-electron chi connectivity index (χ2n) is 4.52. The third-order valence-electron chi connectivity index (χ3n) is 3.22. The topological polar surface area (TPSA) is 38.0 Å². The summed E-state index contributed by atoms with van der Waals surface area (Å²) < 4.78 is 0. The molecule has 2 nitrogen and oxygen atoms in total. The van der Waals surface area contributed by atoms with E-state index < -0.39 is 0 Å². The van der Waals surface area contributed by atoms with Gasteiger partial charge in [-0.05, 0) is 24.1 Å². The lowest BCUT2D eigenvalue weighted by Crippen LogP contribution is -2.48. The lowest BCUT2D eigenvalue weighted by atomic mass is 10.0. The predicted molar refractivity (Wildman–Crippen MR) is 84.4 cm³/mol. The number of thioether (sulfide) groups is 2. The first-order valence-electron chi connectivity index (χ1n) is 6.14. The van der Waals surface area contributed by atoms with Crippen molar-refractivity contribution in [3.8, 4) is 0 Å². The summed E-state index contributed by atoms with van der Waals surface area (Å²) >= 11 is 9.99. The van der Waals surface area contributed by atoms with E-state index in [1.807, 2.05) is 35.7 Å². The summed E-state index contributed by atoms with van der Waals surface area (Å²) in [5.41, 5.74) is 4.28. The van der Waals surface area contributed by atoms with Crippen LogP contribution in [-0.2, 0) is 6.42 Å². The predicted octanol–water partition coefficient (Wildman–Crippen LogP) is 2.95. The number of hydrogen-bond acceptors (Lipinski definition) is 4. The minimum Gasteiger partial charge on any atom is -0.271 e.